The van der Waals surface area contributed by atoms with Gasteiger partial charge in [-0.3, -0.25) is 4.90 Å². The van der Waals surface area contributed by atoms with E-state index < -0.39 is 0 Å². The molecule has 1 saturated heterocycles. The number of hydrogen-bond acceptors (Lipinski definition) is 4. The number of carbonyl (C=O) groups excluding carboxylic acids is 1. The van der Waals surface area contributed by atoms with Crippen LogP contribution in [0.5, 0.6) is 0 Å². The maximum absolute atomic E-state index is 11.7. The quantitative estimate of drug-likeness (QED) is 0.780. The molecule has 19 heavy (non-hydrogen) atoms. The van der Waals surface area contributed by atoms with Crippen LogP contribution in [0.3, 0.4) is 0 Å². The molecule has 1 aliphatic rings. The molecule has 1 unspecified atom stereocenters. The molecule has 0 spiro atoms. The van der Waals surface area contributed by atoms with E-state index in [-0.39, 0.29) is 5.97 Å². The van der Waals surface area contributed by atoms with Gasteiger partial charge in [-0.2, -0.15) is 0 Å². The zero-order chi connectivity index (χ0) is 13.7. The van der Waals surface area contributed by atoms with Crippen LogP contribution in [-0.4, -0.2) is 43.8 Å². The molecule has 0 amide bonds. The van der Waals surface area contributed by atoms with Gasteiger partial charge < -0.3 is 9.47 Å². The topological polar surface area (TPSA) is 38.8 Å². The van der Waals surface area contributed by atoms with E-state index in [0.717, 1.165) is 38.2 Å². The highest BCUT2D eigenvalue weighted by atomic mass is 16.5. The van der Waals surface area contributed by atoms with E-state index in [1.807, 2.05) is 24.3 Å². The molecule has 1 atom stereocenters. The first-order valence-electron chi connectivity index (χ1n) is 6.74. The predicted molar refractivity (Wildman–Crippen MR) is 73.1 cm³/mol. The molecule has 2 rings (SSSR count). The van der Waals surface area contributed by atoms with Gasteiger partial charge in [-0.15, -0.1) is 0 Å². The number of rotatable bonds is 4. The van der Waals surface area contributed by atoms with Crippen LogP contribution >= 0.6 is 0 Å². The third-order valence-electron chi connectivity index (χ3n) is 3.49. The van der Waals surface area contributed by atoms with Crippen molar-refractivity contribution >= 4 is 5.97 Å². The highest BCUT2D eigenvalue weighted by Crippen LogP contribution is 2.16. The molecule has 0 aliphatic carbocycles. The molecule has 0 saturated carbocycles. The van der Waals surface area contributed by atoms with Crippen molar-refractivity contribution in [1.29, 1.82) is 0 Å². The van der Waals surface area contributed by atoms with E-state index >= 15 is 0 Å². The summed E-state index contributed by atoms with van der Waals surface area (Å²) in [5, 5.41) is 0. The van der Waals surface area contributed by atoms with Gasteiger partial charge in [0.15, 0.2) is 0 Å². The number of morpholine rings is 1. The van der Waals surface area contributed by atoms with Gasteiger partial charge in [-0.1, -0.05) is 25.1 Å². The van der Waals surface area contributed by atoms with E-state index in [0.29, 0.717) is 11.7 Å². The van der Waals surface area contributed by atoms with Crippen LogP contribution in [0.1, 0.15) is 29.3 Å². The molecule has 0 N–H and O–H groups in total. The molecule has 0 aromatic heterocycles. The van der Waals surface area contributed by atoms with Gasteiger partial charge in [-0.25, -0.2) is 4.79 Å². The van der Waals surface area contributed by atoms with Crippen molar-refractivity contribution in [1.82, 2.24) is 4.90 Å². The molecule has 4 heteroatoms. The summed E-state index contributed by atoms with van der Waals surface area (Å²) in [4.78, 5) is 14.1. The van der Waals surface area contributed by atoms with Gasteiger partial charge in [0, 0.05) is 19.6 Å². The average molecular weight is 263 g/mol. The third kappa shape index (κ3) is 3.55. The summed E-state index contributed by atoms with van der Waals surface area (Å²) in [5.74, 6) is -0.268. The molecule has 1 fully saturated rings. The molecule has 1 heterocycles. The highest BCUT2D eigenvalue weighted by Gasteiger charge is 2.20. The number of methoxy groups -OCH3 is 1. The minimum Gasteiger partial charge on any atom is -0.465 e. The smallest absolute Gasteiger partial charge is 0.338 e. The molecule has 1 aromatic carbocycles. The zero-order valence-corrected chi connectivity index (χ0v) is 11.6. The predicted octanol–water partition coefficient (Wildman–Crippen LogP) is 2.08. The first-order chi connectivity index (χ1) is 9.24. The second kappa shape index (κ2) is 6.68. The maximum atomic E-state index is 11.7. The van der Waals surface area contributed by atoms with E-state index in [4.69, 9.17) is 9.47 Å². The highest BCUT2D eigenvalue weighted by molar-refractivity contribution is 5.90. The van der Waals surface area contributed by atoms with E-state index in [9.17, 15) is 4.79 Å². The van der Waals surface area contributed by atoms with Gasteiger partial charge in [0.1, 0.15) is 0 Å². The lowest BCUT2D eigenvalue weighted by Gasteiger charge is -2.32. The summed E-state index contributed by atoms with van der Waals surface area (Å²) in [7, 11) is 1.42. The van der Waals surface area contributed by atoms with Gasteiger partial charge in [0.25, 0.3) is 0 Å². The molecule has 4 nitrogen and oxygen atoms in total. The van der Waals surface area contributed by atoms with Crippen molar-refractivity contribution in [2.75, 3.05) is 26.8 Å². The SMILES string of the molecule is CCC1CN(Cc2ccccc2C(=O)OC)CCO1. The molecule has 104 valence electrons. The second-order valence-corrected chi connectivity index (χ2v) is 4.78. The largest absolute Gasteiger partial charge is 0.465 e. The Kier molecular flexibility index (Phi) is 4.93. The van der Waals surface area contributed by atoms with E-state index in [1.54, 1.807) is 0 Å². The number of hydrogen-bond donors (Lipinski definition) is 0. The summed E-state index contributed by atoms with van der Waals surface area (Å²) in [6.45, 7) is 5.50. The van der Waals surface area contributed by atoms with Gasteiger partial charge in [0.05, 0.1) is 25.4 Å². The van der Waals surface area contributed by atoms with E-state index in [1.165, 1.54) is 7.11 Å². The van der Waals surface area contributed by atoms with Crippen molar-refractivity contribution in [3.8, 4) is 0 Å². The fourth-order valence-electron chi connectivity index (χ4n) is 2.38. The Morgan fingerprint density at radius 1 is 1.47 bits per heavy atom. The van der Waals surface area contributed by atoms with Crippen LogP contribution in [0.25, 0.3) is 0 Å². The summed E-state index contributed by atoms with van der Waals surface area (Å²) < 4.78 is 10.5. The normalized spacial score (nSPS) is 20.2. The molecule has 1 aliphatic heterocycles. The van der Waals surface area contributed by atoms with Crippen LogP contribution in [0, 0.1) is 0 Å². The molecular weight excluding hydrogens is 242 g/mol. The lowest BCUT2D eigenvalue weighted by molar-refractivity contribution is -0.0325. The number of benzene rings is 1. The minimum absolute atomic E-state index is 0.268. The molecule has 0 bridgehead atoms. The zero-order valence-electron chi connectivity index (χ0n) is 11.6. The van der Waals surface area contributed by atoms with Crippen LogP contribution in [0.2, 0.25) is 0 Å². The van der Waals surface area contributed by atoms with Crippen molar-refractivity contribution in [2.24, 2.45) is 0 Å². The van der Waals surface area contributed by atoms with Crippen LogP contribution in [-0.2, 0) is 16.0 Å². The Morgan fingerprint density at radius 3 is 3.00 bits per heavy atom. The Morgan fingerprint density at radius 2 is 2.26 bits per heavy atom. The molecular formula is C15H21NO3. The molecule has 1 aromatic rings. The minimum atomic E-state index is -0.268. The fraction of sp³-hybridized carbons (Fsp3) is 0.533. The third-order valence-corrected chi connectivity index (χ3v) is 3.49. The Balaban J connectivity index is 2.08. The number of nitrogens with zero attached hydrogens (tertiary/aromatic N) is 1. The first-order valence-corrected chi connectivity index (χ1v) is 6.74. The van der Waals surface area contributed by atoms with Crippen LogP contribution < -0.4 is 0 Å². The lowest BCUT2D eigenvalue weighted by Crippen LogP contribution is -2.41. The van der Waals surface area contributed by atoms with E-state index in [2.05, 4.69) is 11.8 Å². The summed E-state index contributed by atoms with van der Waals surface area (Å²) in [6, 6.07) is 7.63. The van der Waals surface area contributed by atoms with Crippen LogP contribution in [0.4, 0.5) is 0 Å². The Bertz CT molecular complexity index is 433. The second-order valence-electron chi connectivity index (χ2n) is 4.78. The number of ether oxygens (including phenoxy) is 2. The Hall–Kier alpha value is -1.39. The van der Waals surface area contributed by atoms with Crippen molar-refractivity contribution in [3.05, 3.63) is 35.4 Å². The average Bonchev–Trinajstić information content (AvgIpc) is 2.47. The first kappa shape index (κ1) is 14.0. The van der Waals surface area contributed by atoms with Crippen molar-refractivity contribution < 1.29 is 14.3 Å². The molecule has 0 radical (unpaired) electrons. The fourth-order valence-corrected chi connectivity index (χ4v) is 2.38. The Labute approximate surface area is 114 Å². The van der Waals surface area contributed by atoms with Crippen molar-refractivity contribution in [2.45, 2.75) is 26.0 Å². The number of esters is 1. The number of carbonyl (C=O) groups is 1. The lowest BCUT2D eigenvalue weighted by atomic mass is 10.1. The van der Waals surface area contributed by atoms with Crippen molar-refractivity contribution in [3.63, 3.8) is 0 Å². The summed E-state index contributed by atoms with van der Waals surface area (Å²) in [5.41, 5.74) is 1.68. The van der Waals surface area contributed by atoms with Gasteiger partial charge >= 0.3 is 5.97 Å². The van der Waals surface area contributed by atoms with Crippen LogP contribution in [0.15, 0.2) is 24.3 Å². The standard InChI is InChI=1S/C15H21NO3/c1-3-13-11-16(8-9-19-13)10-12-6-4-5-7-14(12)15(17)18-2/h4-7,13H,3,8-11H2,1-2H3. The summed E-state index contributed by atoms with van der Waals surface area (Å²) >= 11 is 0. The summed E-state index contributed by atoms with van der Waals surface area (Å²) in [6.07, 6.45) is 1.33. The van der Waals surface area contributed by atoms with Gasteiger partial charge in [-0.05, 0) is 18.1 Å². The maximum Gasteiger partial charge on any atom is 0.338 e. The van der Waals surface area contributed by atoms with Gasteiger partial charge in [0.2, 0.25) is 0 Å². The monoisotopic (exact) mass is 263 g/mol.